The molecule has 5 rings (SSSR count). The molecule has 0 saturated carbocycles. The fourth-order valence-electron chi connectivity index (χ4n) is 3.65. The average molecular weight is 401 g/mol. The van der Waals surface area contributed by atoms with Gasteiger partial charge in [-0.15, -0.1) is 11.3 Å². The number of aromatic nitrogens is 2. The molecule has 0 saturated heterocycles. The number of rotatable bonds is 4. The fourth-order valence-corrected chi connectivity index (χ4v) is 4.85. The Morgan fingerprint density at radius 1 is 1.07 bits per heavy atom. The van der Waals surface area contributed by atoms with E-state index in [-0.39, 0.29) is 11.9 Å². The van der Waals surface area contributed by atoms with E-state index in [4.69, 9.17) is 9.40 Å². The smallest absolute Gasteiger partial charge is 0.251 e. The number of benzene rings is 2. The number of oxazole rings is 1. The molecule has 1 aliphatic carbocycles. The second-order valence-electron chi connectivity index (χ2n) is 7.06. The van der Waals surface area contributed by atoms with Gasteiger partial charge in [-0.1, -0.05) is 42.5 Å². The Labute approximate surface area is 172 Å². The molecule has 0 bridgehead atoms. The highest BCUT2D eigenvalue weighted by atomic mass is 32.1. The molecule has 1 N–H and O–H groups in total. The number of hydrogen-bond acceptors (Lipinski definition) is 5. The first-order chi connectivity index (χ1) is 14.3. The summed E-state index contributed by atoms with van der Waals surface area (Å²) in [5, 5.41) is 4.23. The lowest BCUT2D eigenvalue weighted by atomic mass is 9.97. The van der Waals surface area contributed by atoms with E-state index in [9.17, 15) is 4.79 Å². The van der Waals surface area contributed by atoms with Crippen LogP contribution < -0.4 is 5.32 Å². The molecule has 0 unspecified atom stereocenters. The molecule has 0 radical (unpaired) electrons. The Hall–Kier alpha value is -3.25. The van der Waals surface area contributed by atoms with Crippen LogP contribution in [0.5, 0.6) is 0 Å². The minimum Gasteiger partial charge on any atom is -0.444 e. The zero-order valence-corrected chi connectivity index (χ0v) is 16.5. The lowest BCUT2D eigenvalue weighted by molar-refractivity contribution is 0.0933. The van der Waals surface area contributed by atoms with E-state index in [1.807, 2.05) is 42.5 Å². The van der Waals surface area contributed by atoms with Gasteiger partial charge in [-0.25, -0.2) is 9.97 Å². The molecule has 0 fully saturated rings. The zero-order chi connectivity index (χ0) is 19.6. The molecule has 1 aliphatic rings. The van der Waals surface area contributed by atoms with Crippen molar-refractivity contribution in [2.75, 3.05) is 0 Å². The van der Waals surface area contributed by atoms with Gasteiger partial charge in [-0.05, 0) is 31.4 Å². The summed E-state index contributed by atoms with van der Waals surface area (Å²) in [4.78, 5) is 22.8. The van der Waals surface area contributed by atoms with E-state index in [1.54, 1.807) is 17.5 Å². The standard InChI is InChI=1S/C23H19N3O2S/c27-22(16-11-9-15(10-12-16)20-13-24-14-28-20)25-18-7-4-8-19-21(18)29-23(26-19)17-5-2-1-3-6-17/h1-3,5-6,9-14,18H,4,7-8H2,(H,25,27)/t18-/m1/s1. The van der Waals surface area contributed by atoms with Gasteiger partial charge in [0.05, 0.1) is 22.8 Å². The van der Waals surface area contributed by atoms with Gasteiger partial charge in [-0.2, -0.15) is 0 Å². The zero-order valence-electron chi connectivity index (χ0n) is 15.7. The van der Waals surface area contributed by atoms with Crippen molar-refractivity contribution in [2.24, 2.45) is 0 Å². The summed E-state index contributed by atoms with van der Waals surface area (Å²) >= 11 is 1.69. The number of hydrogen-bond donors (Lipinski definition) is 1. The van der Waals surface area contributed by atoms with E-state index in [1.165, 1.54) is 11.3 Å². The summed E-state index contributed by atoms with van der Waals surface area (Å²) < 4.78 is 5.30. The first kappa shape index (κ1) is 17.8. The molecule has 29 heavy (non-hydrogen) atoms. The number of amides is 1. The SMILES string of the molecule is O=C(N[C@@H]1CCCc2nc(-c3ccccc3)sc21)c1ccc(-c2cnco2)cc1. The largest absolute Gasteiger partial charge is 0.444 e. The molecule has 0 aliphatic heterocycles. The maximum atomic E-state index is 12.8. The van der Waals surface area contributed by atoms with Gasteiger partial charge < -0.3 is 9.73 Å². The number of carbonyl (C=O) groups is 1. The summed E-state index contributed by atoms with van der Waals surface area (Å²) in [6.07, 6.45) is 5.99. The van der Waals surface area contributed by atoms with E-state index in [0.29, 0.717) is 11.3 Å². The molecule has 1 atom stereocenters. The number of thiazole rings is 1. The molecule has 6 heteroatoms. The fraction of sp³-hybridized carbons (Fsp3) is 0.174. The highest BCUT2D eigenvalue weighted by Gasteiger charge is 2.26. The summed E-state index contributed by atoms with van der Waals surface area (Å²) in [5.74, 6) is 0.619. The van der Waals surface area contributed by atoms with Gasteiger partial charge in [-0.3, -0.25) is 4.79 Å². The maximum Gasteiger partial charge on any atom is 0.251 e. The van der Waals surface area contributed by atoms with Crippen molar-refractivity contribution in [2.45, 2.75) is 25.3 Å². The first-order valence-electron chi connectivity index (χ1n) is 9.63. The van der Waals surface area contributed by atoms with E-state index in [2.05, 4.69) is 22.4 Å². The van der Waals surface area contributed by atoms with Gasteiger partial charge in [0.15, 0.2) is 12.2 Å². The Bertz CT molecular complexity index is 1120. The minimum atomic E-state index is -0.0679. The minimum absolute atomic E-state index is 0.00941. The third kappa shape index (κ3) is 3.59. The number of nitrogens with one attached hydrogen (secondary N) is 1. The molecule has 2 heterocycles. The van der Waals surface area contributed by atoms with Crippen LogP contribution in [0.1, 0.15) is 39.8 Å². The summed E-state index contributed by atoms with van der Waals surface area (Å²) in [6, 6.07) is 17.6. The highest BCUT2D eigenvalue weighted by Crippen LogP contribution is 2.38. The topological polar surface area (TPSA) is 68.0 Å². The monoisotopic (exact) mass is 401 g/mol. The number of carbonyl (C=O) groups excluding carboxylic acids is 1. The van der Waals surface area contributed by atoms with E-state index in [0.717, 1.165) is 41.1 Å². The molecule has 5 nitrogen and oxygen atoms in total. The van der Waals surface area contributed by atoms with Crippen LogP contribution in [0.25, 0.3) is 21.9 Å². The van der Waals surface area contributed by atoms with Crippen LogP contribution in [-0.2, 0) is 6.42 Å². The van der Waals surface area contributed by atoms with E-state index >= 15 is 0 Å². The van der Waals surface area contributed by atoms with Crippen molar-refractivity contribution in [3.63, 3.8) is 0 Å². The van der Waals surface area contributed by atoms with Crippen molar-refractivity contribution in [1.82, 2.24) is 15.3 Å². The van der Waals surface area contributed by atoms with Crippen LogP contribution in [0, 0.1) is 0 Å². The van der Waals surface area contributed by atoms with Gasteiger partial charge in [0, 0.05) is 16.7 Å². The Balaban J connectivity index is 1.35. The van der Waals surface area contributed by atoms with Gasteiger partial charge >= 0.3 is 0 Å². The molecular weight excluding hydrogens is 382 g/mol. The molecule has 4 aromatic rings. The van der Waals surface area contributed by atoms with Gasteiger partial charge in [0.25, 0.3) is 5.91 Å². The summed E-state index contributed by atoms with van der Waals surface area (Å²) in [6.45, 7) is 0. The third-order valence-corrected chi connectivity index (χ3v) is 6.40. The van der Waals surface area contributed by atoms with Crippen molar-refractivity contribution in [1.29, 1.82) is 0 Å². The van der Waals surface area contributed by atoms with Gasteiger partial charge in [0.1, 0.15) is 5.01 Å². The molecule has 2 aromatic carbocycles. The summed E-state index contributed by atoms with van der Waals surface area (Å²) in [7, 11) is 0. The number of nitrogens with zero attached hydrogens (tertiary/aromatic N) is 2. The highest BCUT2D eigenvalue weighted by molar-refractivity contribution is 7.15. The quantitative estimate of drug-likeness (QED) is 0.506. The first-order valence-corrected chi connectivity index (χ1v) is 10.4. The van der Waals surface area contributed by atoms with E-state index < -0.39 is 0 Å². The summed E-state index contributed by atoms with van der Waals surface area (Å²) in [5.41, 5.74) is 3.77. The van der Waals surface area contributed by atoms with Crippen LogP contribution in [0.2, 0.25) is 0 Å². The van der Waals surface area contributed by atoms with Crippen molar-refractivity contribution < 1.29 is 9.21 Å². The normalized spacial score (nSPS) is 15.7. The second kappa shape index (κ2) is 7.64. The van der Waals surface area contributed by atoms with Crippen LogP contribution in [0.3, 0.4) is 0 Å². The molecule has 144 valence electrons. The Morgan fingerprint density at radius 3 is 2.66 bits per heavy atom. The van der Waals surface area contributed by atoms with Gasteiger partial charge in [0.2, 0.25) is 0 Å². The lowest BCUT2D eigenvalue weighted by Crippen LogP contribution is -2.30. The third-order valence-electron chi connectivity index (χ3n) is 5.14. The van der Waals surface area contributed by atoms with Crippen LogP contribution in [0.4, 0.5) is 0 Å². The molecule has 2 aromatic heterocycles. The predicted octanol–water partition coefficient (Wildman–Crippen LogP) is 5.27. The van der Waals surface area contributed by atoms with Crippen molar-refractivity contribution in [3.8, 4) is 21.9 Å². The lowest BCUT2D eigenvalue weighted by Gasteiger charge is -2.22. The van der Waals surface area contributed by atoms with Crippen molar-refractivity contribution >= 4 is 17.2 Å². The average Bonchev–Trinajstić information content (AvgIpc) is 3.45. The Kier molecular flexibility index (Phi) is 4.69. The number of fused-ring (bicyclic) bond motifs is 1. The molecule has 1 amide bonds. The predicted molar refractivity (Wildman–Crippen MR) is 113 cm³/mol. The molecular formula is C23H19N3O2S. The second-order valence-corrected chi connectivity index (χ2v) is 8.09. The van der Waals surface area contributed by atoms with Crippen LogP contribution in [-0.4, -0.2) is 15.9 Å². The number of aryl methyl sites for hydroxylation is 1. The Morgan fingerprint density at radius 2 is 1.90 bits per heavy atom. The molecule has 0 spiro atoms. The van der Waals surface area contributed by atoms with Crippen LogP contribution >= 0.6 is 11.3 Å². The van der Waals surface area contributed by atoms with Crippen LogP contribution in [0.15, 0.2) is 71.6 Å². The maximum absolute atomic E-state index is 12.8. The van der Waals surface area contributed by atoms with Crippen molar-refractivity contribution in [3.05, 3.63) is 83.3 Å².